The highest BCUT2D eigenvalue weighted by Gasteiger charge is 2.42. The molecule has 0 spiro atoms. The minimum Gasteiger partial charge on any atom is -0.429 e. The van der Waals surface area contributed by atoms with E-state index in [-0.39, 0.29) is 17.7 Å². The third kappa shape index (κ3) is 8.19. The van der Waals surface area contributed by atoms with Gasteiger partial charge in [-0.1, -0.05) is 62.1 Å². The second-order valence-corrected chi connectivity index (χ2v) is 12.2. The highest BCUT2D eigenvalue weighted by molar-refractivity contribution is 6.33. The van der Waals surface area contributed by atoms with Crippen LogP contribution in [0.4, 0.5) is 52.7 Å². The van der Waals surface area contributed by atoms with E-state index in [4.69, 9.17) is 11.6 Å². The molecule has 0 saturated carbocycles. The Bertz CT molecular complexity index is 2020. The average Bonchev–Trinajstić information content (AvgIpc) is 3.01. The summed E-state index contributed by atoms with van der Waals surface area (Å²) in [5.74, 6) is -13.4. The lowest BCUT2D eigenvalue weighted by Crippen LogP contribution is -2.25. The molecule has 0 radical (unpaired) electrons. The van der Waals surface area contributed by atoms with Gasteiger partial charge >= 0.3 is 12.3 Å². The SMILES string of the molecule is CCCCCCc1ccc(-c2cc(F)c(C(F)(F)Oc3cc(F)c(-c4cc(F)c(-c5cc(F)c(C(F)(F)F)c(F)c5)c(F)c4)c(Cl)c3)c(F)c2)cc1. The van der Waals surface area contributed by atoms with Crippen molar-refractivity contribution in [2.24, 2.45) is 0 Å². The third-order valence-corrected chi connectivity index (χ3v) is 8.44. The number of benzene rings is 5. The smallest absolute Gasteiger partial charge is 0.429 e. The first-order chi connectivity index (χ1) is 24.4. The largest absolute Gasteiger partial charge is 0.432 e. The Hall–Kier alpha value is -4.65. The molecule has 0 aliphatic heterocycles. The lowest BCUT2D eigenvalue weighted by Gasteiger charge is -2.21. The summed E-state index contributed by atoms with van der Waals surface area (Å²) in [5, 5.41) is -0.769. The second-order valence-electron chi connectivity index (χ2n) is 11.8. The van der Waals surface area contributed by atoms with Crippen LogP contribution in [-0.2, 0) is 18.7 Å². The van der Waals surface area contributed by atoms with Crippen molar-refractivity contribution < 1.29 is 57.4 Å². The van der Waals surface area contributed by atoms with Crippen LogP contribution in [0.25, 0.3) is 33.4 Å². The van der Waals surface area contributed by atoms with Crippen LogP contribution in [0.2, 0.25) is 5.02 Å². The summed E-state index contributed by atoms with van der Waals surface area (Å²) in [7, 11) is 0. The zero-order valence-corrected chi connectivity index (χ0v) is 27.5. The van der Waals surface area contributed by atoms with Gasteiger partial charge in [0.1, 0.15) is 57.6 Å². The van der Waals surface area contributed by atoms with Crippen LogP contribution in [0.3, 0.4) is 0 Å². The summed E-state index contributed by atoms with van der Waals surface area (Å²) in [4.78, 5) is 0. The topological polar surface area (TPSA) is 9.23 Å². The van der Waals surface area contributed by atoms with Gasteiger partial charge in [-0.15, -0.1) is 0 Å². The van der Waals surface area contributed by atoms with Gasteiger partial charge in [0.05, 0.1) is 10.6 Å². The minimum absolute atomic E-state index is 0.0374. The van der Waals surface area contributed by atoms with Crippen molar-refractivity contribution in [3.63, 3.8) is 0 Å². The van der Waals surface area contributed by atoms with Crippen molar-refractivity contribution in [2.45, 2.75) is 51.3 Å². The van der Waals surface area contributed by atoms with Crippen LogP contribution in [0.15, 0.2) is 72.8 Å². The Kier molecular flexibility index (Phi) is 11.2. The Balaban J connectivity index is 1.39. The zero-order valence-electron chi connectivity index (χ0n) is 26.8. The summed E-state index contributed by atoms with van der Waals surface area (Å²) < 4.78 is 177. The van der Waals surface area contributed by atoms with E-state index in [1.165, 1.54) is 0 Å². The normalized spacial score (nSPS) is 12.0. The molecule has 0 aliphatic rings. The van der Waals surface area contributed by atoms with E-state index in [0.29, 0.717) is 42.0 Å². The fourth-order valence-corrected chi connectivity index (χ4v) is 6.01. The number of unbranched alkanes of at least 4 members (excludes halogenated alkanes) is 3. The van der Waals surface area contributed by atoms with Gasteiger partial charge in [0.25, 0.3) is 0 Å². The molecule has 5 aromatic carbocycles. The van der Waals surface area contributed by atoms with Crippen LogP contribution in [0, 0.1) is 40.7 Å². The van der Waals surface area contributed by atoms with Gasteiger partial charge in [0.15, 0.2) is 0 Å². The number of halogens is 13. The number of aryl methyl sites for hydroxylation is 1. The molecule has 0 fully saturated rings. The van der Waals surface area contributed by atoms with E-state index in [1.54, 1.807) is 24.3 Å². The molecule has 14 heteroatoms. The summed E-state index contributed by atoms with van der Waals surface area (Å²) in [5.41, 5.74) is -6.33. The maximum Gasteiger partial charge on any atom is 0.432 e. The highest BCUT2D eigenvalue weighted by Crippen LogP contribution is 2.42. The molecule has 5 rings (SSSR count). The second kappa shape index (κ2) is 15.1. The highest BCUT2D eigenvalue weighted by atomic mass is 35.5. The first-order valence-corrected chi connectivity index (χ1v) is 16.0. The van der Waals surface area contributed by atoms with Crippen LogP contribution in [0.5, 0.6) is 5.75 Å². The first kappa shape index (κ1) is 38.6. The van der Waals surface area contributed by atoms with E-state index in [0.717, 1.165) is 37.7 Å². The maximum absolute atomic E-state index is 15.2. The van der Waals surface area contributed by atoms with E-state index < -0.39 is 97.2 Å². The van der Waals surface area contributed by atoms with Gasteiger partial charge in [-0.05, 0) is 83.1 Å². The van der Waals surface area contributed by atoms with Gasteiger partial charge in [0, 0.05) is 11.6 Å². The number of ether oxygens (including phenoxy) is 1. The van der Waals surface area contributed by atoms with Gasteiger partial charge in [-0.3, -0.25) is 0 Å². The predicted molar refractivity (Wildman–Crippen MR) is 171 cm³/mol. The quantitative estimate of drug-likeness (QED) is 0.0962. The molecule has 5 aromatic rings. The summed E-state index contributed by atoms with van der Waals surface area (Å²) in [6.07, 6.45) is -5.19. The number of alkyl halides is 5. The van der Waals surface area contributed by atoms with Crippen molar-refractivity contribution in [3.8, 4) is 39.1 Å². The molecule has 0 N–H and O–H groups in total. The van der Waals surface area contributed by atoms with Crippen molar-refractivity contribution in [2.75, 3.05) is 0 Å². The summed E-state index contributed by atoms with van der Waals surface area (Å²) in [6.45, 7) is 2.09. The van der Waals surface area contributed by atoms with Crippen LogP contribution in [0.1, 0.15) is 49.3 Å². The molecule has 0 bridgehead atoms. The monoisotopic (exact) mass is 760 g/mol. The van der Waals surface area contributed by atoms with Gasteiger partial charge in [0.2, 0.25) is 0 Å². The van der Waals surface area contributed by atoms with E-state index in [1.807, 2.05) is 0 Å². The number of rotatable bonds is 11. The number of hydrogen-bond donors (Lipinski definition) is 0. The number of hydrogen-bond acceptors (Lipinski definition) is 1. The third-order valence-electron chi connectivity index (χ3n) is 8.15. The molecule has 0 aromatic heterocycles. The van der Waals surface area contributed by atoms with E-state index in [2.05, 4.69) is 11.7 Å². The molecule has 1 nitrogen and oxygen atoms in total. The summed E-state index contributed by atoms with van der Waals surface area (Å²) >= 11 is 6.05. The molecule has 0 atom stereocenters. The Morgan fingerprint density at radius 1 is 0.519 bits per heavy atom. The molecule has 52 heavy (non-hydrogen) atoms. The van der Waals surface area contributed by atoms with Crippen LogP contribution in [-0.4, -0.2) is 0 Å². The van der Waals surface area contributed by atoms with Crippen molar-refractivity contribution in [1.82, 2.24) is 0 Å². The predicted octanol–water partition coefficient (Wildman–Crippen LogP) is 13.6. The minimum atomic E-state index is -5.45. The lowest BCUT2D eigenvalue weighted by molar-refractivity contribution is -0.189. The molecule has 0 aliphatic carbocycles. The van der Waals surface area contributed by atoms with Gasteiger partial charge in [-0.2, -0.15) is 22.0 Å². The Labute approximate surface area is 294 Å². The average molecular weight is 761 g/mol. The van der Waals surface area contributed by atoms with E-state index >= 15 is 30.7 Å². The summed E-state index contributed by atoms with van der Waals surface area (Å²) in [6, 6.07) is 9.95. The van der Waals surface area contributed by atoms with Crippen LogP contribution < -0.4 is 4.74 Å². The standard InChI is InChI=1S/C38H25ClF12O/c1-2-3-4-5-6-19-7-9-20(10-8-19)21-11-31(45)36(32(46)12-21)38(50,51)52-24-17-25(39)33(28(42)18-24)22-13-26(40)34(27(41)14-22)23-15-29(43)35(30(44)16-23)37(47,48)49/h7-18H,2-6H2,1H3. The molecule has 0 amide bonds. The maximum atomic E-state index is 15.2. The molecular weight excluding hydrogens is 736 g/mol. The Morgan fingerprint density at radius 3 is 1.52 bits per heavy atom. The fourth-order valence-electron chi connectivity index (χ4n) is 5.70. The van der Waals surface area contributed by atoms with Crippen molar-refractivity contribution >= 4 is 11.6 Å². The van der Waals surface area contributed by atoms with Crippen molar-refractivity contribution in [1.29, 1.82) is 0 Å². The Morgan fingerprint density at radius 2 is 1.00 bits per heavy atom. The first-order valence-electron chi connectivity index (χ1n) is 15.6. The van der Waals surface area contributed by atoms with Gasteiger partial charge < -0.3 is 4.74 Å². The lowest BCUT2D eigenvalue weighted by atomic mass is 9.97. The van der Waals surface area contributed by atoms with Crippen molar-refractivity contribution in [3.05, 3.63) is 135 Å². The molecule has 0 unspecified atom stereocenters. The molecule has 0 saturated heterocycles. The van der Waals surface area contributed by atoms with E-state index in [9.17, 15) is 22.0 Å². The molecular formula is C38H25ClF12O. The van der Waals surface area contributed by atoms with Crippen LogP contribution >= 0.6 is 11.6 Å². The van der Waals surface area contributed by atoms with Gasteiger partial charge in [-0.25, -0.2) is 30.7 Å². The molecule has 274 valence electrons. The zero-order chi connectivity index (χ0) is 38.1. The molecule has 0 heterocycles. The fraction of sp³-hybridized carbons (Fsp3) is 0.211.